The molecule has 6 heteroatoms. The maximum Gasteiger partial charge on any atom is 0.255 e. The highest BCUT2D eigenvalue weighted by Crippen LogP contribution is 2.32. The number of likely N-dealkylation sites (tertiary alicyclic amines) is 1. The molecule has 2 saturated heterocycles. The lowest BCUT2D eigenvalue weighted by Crippen LogP contribution is -2.47. The minimum absolute atomic E-state index is 0.00878. The van der Waals surface area contributed by atoms with Crippen LogP contribution in [0.1, 0.15) is 48.5 Å². The number of aromatic nitrogens is 1. The molecule has 6 nitrogen and oxygen atoms in total. The number of carbonyl (C=O) groups excluding carboxylic acids is 1. The number of nitrogens with one attached hydrogen (secondary N) is 1. The summed E-state index contributed by atoms with van der Waals surface area (Å²) in [7, 11) is 0. The van der Waals surface area contributed by atoms with E-state index in [1.807, 2.05) is 35.2 Å². The summed E-state index contributed by atoms with van der Waals surface area (Å²) >= 11 is 0. The van der Waals surface area contributed by atoms with Gasteiger partial charge in [-0.05, 0) is 29.7 Å². The van der Waals surface area contributed by atoms with E-state index in [9.17, 15) is 4.79 Å². The van der Waals surface area contributed by atoms with Gasteiger partial charge in [-0.25, -0.2) is 4.98 Å². The Morgan fingerprint density at radius 3 is 2.46 bits per heavy atom. The summed E-state index contributed by atoms with van der Waals surface area (Å²) in [5.41, 5.74) is 2.89. The zero-order chi connectivity index (χ0) is 19.6. The molecule has 1 aromatic heterocycles. The molecule has 148 valence electrons. The number of hydrogen-bond acceptors (Lipinski definition) is 5. The van der Waals surface area contributed by atoms with Gasteiger partial charge in [0.05, 0.1) is 18.8 Å². The number of rotatable bonds is 4. The molecule has 0 bridgehead atoms. The molecule has 28 heavy (non-hydrogen) atoms. The topological polar surface area (TPSA) is 63.7 Å². The first-order chi connectivity index (χ1) is 13.6. The van der Waals surface area contributed by atoms with Crippen LogP contribution in [0.25, 0.3) is 0 Å². The summed E-state index contributed by atoms with van der Waals surface area (Å²) in [6.45, 7) is 6.90. The van der Waals surface area contributed by atoms with Crippen molar-refractivity contribution in [3.8, 4) is 0 Å². The maximum absolute atomic E-state index is 12.8. The Morgan fingerprint density at radius 2 is 1.82 bits per heavy atom. The van der Waals surface area contributed by atoms with Crippen molar-refractivity contribution in [2.24, 2.45) is 0 Å². The van der Waals surface area contributed by atoms with E-state index in [1.165, 1.54) is 5.56 Å². The average molecular weight is 381 g/mol. The molecule has 4 rings (SSSR count). The maximum atomic E-state index is 12.8. The lowest BCUT2D eigenvalue weighted by Gasteiger charge is -2.37. The Morgan fingerprint density at radius 1 is 1.11 bits per heavy atom. The van der Waals surface area contributed by atoms with Gasteiger partial charge in [0.1, 0.15) is 5.82 Å². The van der Waals surface area contributed by atoms with Gasteiger partial charge >= 0.3 is 0 Å². The molecule has 1 amide bonds. The molecule has 0 unspecified atom stereocenters. The molecule has 0 radical (unpaired) electrons. The summed E-state index contributed by atoms with van der Waals surface area (Å²) in [4.78, 5) is 19.1. The molecule has 0 aliphatic carbocycles. The zero-order valence-electron chi connectivity index (χ0n) is 16.5. The Balaban J connectivity index is 1.40. The predicted molar refractivity (Wildman–Crippen MR) is 108 cm³/mol. The van der Waals surface area contributed by atoms with Crippen LogP contribution < -0.4 is 5.32 Å². The van der Waals surface area contributed by atoms with Gasteiger partial charge in [0.25, 0.3) is 5.91 Å². The second kappa shape index (κ2) is 7.89. The molecule has 0 saturated carbocycles. The van der Waals surface area contributed by atoms with Gasteiger partial charge in [0.2, 0.25) is 0 Å². The molecule has 1 aromatic carbocycles. The van der Waals surface area contributed by atoms with Crippen molar-refractivity contribution in [1.82, 2.24) is 9.88 Å². The van der Waals surface area contributed by atoms with Gasteiger partial charge in [-0.2, -0.15) is 0 Å². The highest BCUT2D eigenvalue weighted by molar-refractivity contribution is 5.94. The van der Waals surface area contributed by atoms with Gasteiger partial charge in [0.15, 0.2) is 5.79 Å². The van der Waals surface area contributed by atoms with Gasteiger partial charge < -0.3 is 19.7 Å². The van der Waals surface area contributed by atoms with Crippen LogP contribution >= 0.6 is 0 Å². The van der Waals surface area contributed by atoms with Crippen LogP contribution in [0.3, 0.4) is 0 Å². The van der Waals surface area contributed by atoms with E-state index in [0.29, 0.717) is 37.8 Å². The molecule has 2 aromatic rings. The fraction of sp³-hybridized carbons (Fsp3) is 0.455. The SMILES string of the molecule is CC(C)c1ccccc1Nc1ccc(C(=O)N2CCC3(CC2)OCCO3)cn1. The summed E-state index contributed by atoms with van der Waals surface area (Å²) in [6.07, 6.45) is 3.09. The monoisotopic (exact) mass is 381 g/mol. The normalized spacial score (nSPS) is 18.6. The van der Waals surface area contributed by atoms with Crippen LogP contribution in [0.15, 0.2) is 42.6 Å². The summed E-state index contributed by atoms with van der Waals surface area (Å²) in [5, 5.41) is 3.36. The van der Waals surface area contributed by atoms with Crippen LogP contribution in [0.5, 0.6) is 0 Å². The van der Waals surface area contributed by atoms with Crippen molar-refractivity contribution >= 4 is 17.4 Å². The minimum atomic E-state index is -0.466. The average Bonchev–Trinajstić information content (AvgIpc) is 3.17. The van der Waals surface area contributed by atoms with Crippen molar-refractivity contribution in [2.75, 3.05) is 31.6 Å². The van der Waals surface area contributed by atoms with E-state index in [4.69, 9.17) is 9.47 Å². The third-order valence-electron chi connectivity index (χ3n) is 5.48. The van der Waals surface area contributed by atoms with Crippen molar-refractivity contribution < 1.29 is 14.3 Å². The zero-order valence-corrected chi connectivity index (χ0v) is 16.5. The fourth-order valence-corrected chi connectivity index (χ4v) is 3.87. The molecular weight excluding hydrogens is 354 g/mol. The molecule has 2 aliphatic heterocycles. The Kier molecular flexibility index (Phi) is 5.33. The lowest BCUT2D eigenvalue weighted by atomic mass is 10.0. The fourth-order valence-electron chi connectivity index (χ4n) is 3.87. The Hall–Kier alpha value is -2.44. The van der Waals surface area contributed by atoms with E-state index < -0.39 is 5.79 Å². The van der Waals surface area contributed by atoms with Crippen molar-refractivity contribution in [1.29, 1.82) is 0 Å². The third kappa shape index (κ3) is 3.88. The molecule has 2 fully saturated rings. The number of nitrogens with zero attached hydrogens (tertiary/aromatic N) is 2. The summed E-state index contributed by atoms with van der Waals surface area (Å²) in [5.74, 6) is 0.691. The van der Waals surface area contributed by atoms with Gasteiger partial charge in [0, 0.05) is 37.8 Å². The highest BCUT2D eigenvalue weighted by Gasteiger charge is 2.40. The smallest absolute Gasteiger partial charge is 0.255 e. The Labute approximate surface area is 165 Å². The number of piperidine rings is 1. The number of pyridine rings is 1. The largest absolute Gasteiger partial charge is 0.347 e. The van der Waals surface area contributed by atoms with E-state index >= 15 is 0 Å². The number of benzene rings is 1. The first-order valence-corrected chi connectivity index (χ1v) is 9.95. The van der Waals surface area contributed by atoms with Crippen LogP contribution in [0, 0.1) is 0 Å². The van der Waals surface area contributed by atoms with E-state index in [0.717, 1.165) is 24.3 Å². The van der Waals surface area contributed by atoms with Gasteiger partial charge in [-0.1, -0.05) is 32.0 Å². The van der Waals surface area contributed by atoms with E-state index in [1.54, 1.807) is 6.20 Å². The number of amides is 1. The van der Waals surface area contributed by atoms with Crippen LogP contribution in [-0.4, -0.2) is 47.9 Å². The van der Waals surface area contributed by atoms with E-state index in [-0.39, 0.29) is 5.91 Å². The number of para-hydroxylation sites is 1. The van der Waals surface area contributed by atoms with Crippen LogP contribution in [0.2, 0.25) is 0 Å². The molecule has 3 heterocycles. The third-order valence-corrected chi connectivity index (χ3v) is 5.48. The van der Waals surface area contributed by atoms with Crippen LogP contribution in [-0.2, 0) is 9.47 Å². The lowest BCUT2D eigenvalue weighted by molar-refractivity contribution is -0.181. The predicted octanol–water partition coefficient (Wildman–Crippen LogP) is 3.93. The van der Waals surface area contributed by atoms with E-state index in [2.05, 4.69) is 30.2 Å². The minimum Gasteiger partial charge on any atom is -0.347 e. The molecule has 1 N–H and O–H groups in total. The number of anilines is 2. The van der Waals surface area contributed by atoms with Gasteiger partial charge in [-0.3, -0.25) is 4.79 Å². The quantitative estimate of drug-likeness (QED) is 0.869. The van der Waals surface area contributed by atoms with Crippen molar-refractivity contribution in [3.63, 3.8) is 0 Å². The number of hydrogen-bond donors (Lipinski definition) is 1. The molecular formula is C22H27N3O3. The summed E-state index contributed by atoms with van der Waals surface area (Å²) < 4.78 is 11.5. The van der Waals surface area contributed by atoms with Crippen molar-refractivity contribution in [3.05, 3.63) is 53.7 Å². The molecule has 1 spiro atoms. The molecule has 0 atom stereocenters. The van der Waals surface area contributed by atoms with Crippen LogP contribution in [0.4, 0.5) is 11.5 Å². The highest BCUT2D eigenvalue weighted by atomic mass is 16.7. The Bertz CT molecular complexity index is 819. The summed E-state index contributed by atoms with van der Waals surface area (Å²) in [6, 6.07) is 11.9. The van der Waals surface area contributed by atoms with Gasteiger partial charge in [-0.15, -0.1) is 0 Å². The van der Waals surface area contributed by atoms with Crippen molar-refractivity contribution in [2.45, 2.75) is 38.4 Å². The first kappa shape index (κ1) is 18.9. The standard InChI is InChI=1S/C22H27N3O3/c1-16(2)18-5-3-4-6-19(18)24-20-8-7-17(15-23-20)21(26)25-11-9-22(10-12-25)27-13-14-28-22/h3-8,15-16H,9-14H2,1-2H3,(H,23,24). The first-order valence-electron chi connectivity index (χ1n) is 9.95. The second-order valence-electron chi connectivity index (χ2n) is 7.70. The number of carbonyl (C=O) groups is 1. The number of ether oxygens (including phenoxy) is 2. The second-order valence-corrected chi connectivity index (χ2v) is 7.70. The molecule has 2 aliphatic rings.